The molecule has 0 aliphatic carbocycles. The van der Waals surface area contributed by atoms with E-state index in [0.29, 0.717) is 5.56 Å². The number of carbonyl (C=O) groups is 1. The predicted octanol–water partition coefficient (Wildman–Crippen LogP) is 4.92. The molecule has 1 amide bonds. The molecule has 0 saturated carbocycles. The molecule has 0 aromatic heterocycles. The molecule has 4 aromatic rings. The SMILES string of the molecule is N=C(N)C(c1cccc(F)c1)C(CNC(=O)c1ccccc1O)c1cccc2ccccc12. The van der Waals surface area contributed by atoms with Crippen LogP contribution in [0.5, 0.6) is 5.75 Å². The van der Waals surface area contributed by atoms with Gasteiger partial charge in [0.25, 0.3) is 5.91 Å². The number of benzene rings is 4. The van der Waals surface area contributed by atoms with Crippen LogP contribution in [0, 0.1) is 11.2 Å². The Bertz CT molecular complexity index is 1320. The highest BCUT2D eigenvalue weighted by Gasteiger charge is 2.30. The molecular weight excluding hydrogens is 417 g/mol. The number of fused-ring (bicyclic) bond motifs is 1. The van der Waals surface area contributed by atoms with E-state index in [1.54, 1.807) is 24.3 Å². The van der Waals surface area contributed by atoms with Gasteiger partial charge in [0, 0.05) is 18.4 Å². The van der Waals surface area contributed by atoms with Gasteiger partial charge in [-0.25, -0.2) is 4.39 Å². The topological polar surface area (TPSA) is 99.2 Å². The van der Waals surface area contributed by atoms with Gasteiger partial charge in [-0.15, -0.1) is 0 Å². The van der Waals surface area contributed by atoms with Crippen molar-refractivity contribution < 1.29 is 14.3 Å². The lowest BCUT2D eigenvalue weighted by Gasteiger charge is -2.29. The lowest BCUT2D eigenvalue weighted by Crippen LogP contribution is -2.35. The van der Waals surface area contributed by atoms with Crippen LogP contribution < -0.4 is 11.1 Å². The van der Waals surface area contributed by atoms with Crippen molar-refractivity contribution in [3.05, 3.63) is 114 Å². The minimum Gasteiger partial charge on any atom is -0.507 e. The molecule has 2 atom stereocenters. The minimum atomic E-state index is -0.670. The first-order valence-electron chi connectivity index (χ1n) is 10.6. The Morgan fingerprint density at radius 3 is 2.42 bits per heavy atom. The molecule has 0 fully saturated rings. The first kappa shape index (κ1) is 22.0. The van der Waals surface area contributed by atoms with Crippen LogP contribution in [-0.4, -0.2) is 23.4 Å². The summed E-state index contributed by atoms with van der Waals surface area (Å²) in [5.74, 6) is -2.24. The van der Waals surface area contributed by atoms with Crippen molar-refractivity contribution >= 4 is 22.5 Å². The first-order valence-corrected chi connectivity index (χ1v) is 10.6. The number of rotatable bonds is 7. The average molecular weight is 442 g/mol. The Kier molecular flexibility index (Phi) is 6.36. The van der Waals surface area contributed by atoms with E-state index in [0.717, 1.165) is 16.3 Å². The van der Waals surface area contributed by atoms with E-state index in [9.17, 15) is 14.3 Å². The molecule has 0 bridgehead atoms. The number of halogens is 1. The smallest absolute Gasteiger partial charge is 0.255 e. The highest BCUT2D eigenvalue weighted by atomic mass is 19.1. The van der Waals surface area contributed by atoms with E-state index in [1.807, 2.05) is 42.5 Å². The standard InChI is InChI=1S/C27H24FN3O2/c28-19-10-5-9-18(15-19)25(26(29)30)23(16-31-27(33)22-12-3-4-14-24(22)32)21-13-6-8-17-7-1-2-11-20(17)21/h1-15,23,25,32H,16H2,(H3,29,30)(H,31,33). The summed E-state index contributed by atoms with van der Waals surface area (Å²) in [5, 5.41) is 23.2. The predicted molar refractivity (Wildman–Crippen MR) is 128 cm³/mol. The molecule has 0 aliphatic rings. The second-order valence-electron chi connectivity index (χ2n) is 7.89. The number of phenolic OH excluding ortho intramolecular Hbond substituents is 1. The Morgan fingerprint density at radius 1 is 0.970 bits per heavy atom. The fraction of sp³-hybridized carbons (Fsp3) is 0.111. The number of carbonyl (C=O) groups excluding carboxylic acids is 1. The molecule has 0 spiro atoms. The number of hydrogen-bond donors (Lipinski definition) is 4. The largest absolute Gasteiger partial charge is 0.507 e. The third kappa shape index (κ3) is 4.70. The van der Waals surface area contributed by atoms with Crippen LogP contribution in [0.2, 0.25) is 0 Å². The molecule has 2 unspecified atom stereocenters. The number of nitrogens with one attached hydrogen (secondary N) is 2. The quantitative estimate of drug-likeness (QED) is 0.242. The Hall–Kier alpha value is -4.19. The maximum atomic E-state index is 14.1. The molecule has 5 nitrogen and oxygen atoms in total. The maximum Gasteiger partial charge on any atom is 0.255 e. The molecule has 0 saturated heterocycles. The third-order valence-electron chi connectivity index (χ3n) is 5.80. The summed E-state index contributed by atoms with van der Waals surface area (Å²) in [6, 6.07) is 26.0. The summed E-state index contributed by atoms with van der Waals surface area (Å²) in [6.45, 7) is 0.127. The van der Waals surface area contributed by atoms with E-state index in [1.165, 1.54) is 24.3 Å². The summed E-state index contributed by atoms with van der Waals surface area (Å²) in [4.78, 5) is 12.8. The number of aromatic hydroxyl groups is 1. The average Bonchev–Trinajstić information content (AvgIpc) is 2.81. The number of hydrogen-bond acceptors (Lipinski definition) is 3. The van der Waals surface area contributed by atoms with Crippen LogP contribution in [0.25, 0.3) is 10.8 Å². The fourth-order valence-electron chi connectivity index (χ4n) is 4.27. The molecule has 6 heteroatoms. The van der Waals surface area contributed by atoms with Crippen molar-refractivity contribution in [3.63, 3.8) is 0 Å². The van der Waals surface area contributed by atoms with Gasteiger partial charge in [-0.05, 0) is 46.2 Å². The van der Waals surface area contributed by atoms with Crippen LogP contribution in [0.1, 0.15) is 33.3 Å². The van der Waals surface area contributed by atoms with E-state index < -0.39 is 23.6 Å². The number of para-hydroxylation sites is 1. The molecule has 4 rings (SSSR count). The van der Waals surface area contributed by atoms with Crippen LogP contribution >= 0.6 is 0 Å². The molecule has 0 radical (unpaired) electrons. The number of amidine groups is 1. The first-order chi connectivity index (χ1) is 16.0. The third-order valence-corrected chi connectivity index (χ3v) is 5.80. The van der Waals surface area contributed by atoms with Gasteiger partial charge in [0.1, 0.15) is 11.6 Å². The summed E-state index contributed by atoms with van der Waals surface area (Å²) in [7, 11) is 0. The van der Waals surface area contributed by atoms with Crippen molar-refractivity contribution in [3.8, 4) is 5.75 Å². The van der Waals surface area contributed by atoms with Gasteiger partial charge < -0.3 is 16.2 Å². The van der Waals surface area contributed by atoms with Crippen LogP contribution in [-0.2, 0) is 0 Å². The van der Waals surface area contributed by atoms with Crippen LogP contribution in [0.3, 0.4) is 0 Å². The molecule has 0 aliphatic heterocycles. The molecule has 166 valence electrons. The normalized spacial score (nSPS) is 12.8. The molecule has 4 aromatic carbocycles. The van der Waals surface area contributed by atoms with E-state index in [2.05, 4.69) is 5.32 Å². The second-order valence-corrected chi connectivity index (χ2v) is 7.89. The summed E-state index contributed by atoms with van der Waals surface area (Å²) < 4.78 is 14.1. The zero-order chi connectivity index (χ0) is 23.4. The lowest BCUT2D eigenvalue weighted by atomic mass is 9.78. The van der Waals surface area contributed by atoms with Gasteiger partial charge >= 0.3 is 0 Å². The van der Waals surface area contributed by atoms with Gasteiger partial charge in [0.05, 0.1) is 11.4 Å². The molecule has 0 heterocycles. The highest BCUT2D eigenvalue weighted by Crippen LogP contribution is 2.37. The molecule has 5 N–H and O–H groups in total. The Balaban J connectivity index is 1.78. The van der Waals surface area contributed by atoms with E-state index in [-0.39, 0.29) is 23.7 Å². The summed E-state index contributed by atoms with van der Waals surface area (Å²) in [6.07, 6.45) is 0. The van der Waals surface area contributed by atoms with Crippen LogP contribution in [0.4, 0.5) is 4.39 Å². The zero-order valence-electron chi connectivity index (χ0n) is 17.8. The number of amides is 1. The van der Waals surface area contributed by atoms with E-state index >= 15 is 0 Å². The van der Waals surface area contributed by atoms with Gasteiger partial charge in [0.15, 0.2) is 0 Å². The minimum absolute atomic E-state index is 0.120. The van der Waals surface area contributed by atoms with Crippen molar-refractivity contribution in [2.75, 3.05) is 6.54 Å². The highest BCUT2D eigenvalue weighted by molar-refractivity contribution is 5.97. The van der Waals surface area contributed by atoms with Crippen molar-refractivity contribution in [2.24, 2.45) is 5.73 Å². The second kappa shape index (κ2) is 9.53. The summed E-state index contributed by atoms with van der Waals surface area (Å²) in [5.41, 5.74) is 7.64. The van der Waals surface area contributed by atoms with Crippen molar-refractivity contribution in [1.82, 2.24) is 5.32 Å². The summed E-state index contributed by atoms with van der Waals surface area (Å²) >= 11 is 0. The lowest BCUT2D eigenvalue weighted by molar-refractivity contribution is 0.0948. The zero-order valence-corrected chi connectivity index (χ0v) is 17.8. The van der Waals surface area contributed by atoms with Gasteiger partial charge in [-0.1, -0.05) is 66.7 Å². The Morgan fingerprint density at radius 2 is 1.67 bits per heavy atom. The van der Waals surface area contributed by atoms with Gasteiger partial charge in [-0.3, -0.25) is 10.2 Å². The molecule has 33 heavy (non-hydrogen) atoms. The Labute approximate surface area is 191 Å². The molecular formula is C27H24FN3O2. The number of nitrogens with two attached hydrogens (primary N) is 1. The maximum absolute atomic E-state index is 14.1. The number of phenols is 1. The van der Waals surface area contributed by atoms with E-state index in [4.69, 9.17) is 11.1 Å². The fourth-order valence-corrected chi connectivity index (χ4v) is 4.27. The monoisotopic (exact) mass is 441 g/mol. The van der Waals surface area contributed by atoms with Crippen LogP contribution in [0.15, 0.2) is 91.0 Å². The van der Waals surface area contributed by atoms with Crippen molar-refractivity contribution in [2.45, 2.75) is 11.8 Å². The van der Waals surface area contributed by atoms with Gasteiger partial charge in [-0.2, -0.15) is 0 Å². The van der Waals surface area contributed by atoms with Gasteiger partial charge in [0.2, 0.25) is 0 Å². The van der Waals surface area contributed by atoms with Crippen molar-refractivity contribution in [1.29, 1.82) is 5.41 Å².